The SMILES string of the molecule is CC/C=C\C/C=C\C/C=C\C/C=C\C/C=C\CCCC(=O)OCC(COC(=O)CC/C=C\C/C=C\CCCCCCCC)OC(=O)CCCCCCCCCCCCCCCCCC. The van der Waals surface area contributed by atoms with Crippen molar-refractivity contribution in [1.82, 2.24) is 0 Å². The quantitative estimate of drug-likeness (QED) is 0.0262. The third-order valence-corrected chi connectivity index (χ3v) is 11.1. The molecule has 0 saturated heterocycles. The Labute approximate surface area is 395 Å². The number of unbranched alkanes of at least 4 members (excludes halogenated alkanes) is 22. The Bertz CT molecular complexity index is 1250. The molecule has 1 atom stereocenters. The summed E-state index contributed by atoms with van der Waals surface area (Å²) >= 11 is 0. The lowest BCUT2D eigenvalue weighted by atomic mass is 10.0. The predicted molar refractivity (Wildman–Crippen MR) is 274 cm³/mol. The standard InChI is InChI=1S/C58H98O6/c1-4-7-10-13-16-19-22-25-27-29-31-33-36-39-42-45-48-51-57(60)63-54-55(53-62-56(59)50-47-44-41-38-35-32-24-21-18-15-12-9-6-3)64-58(61)52-49-46-43-40-37-34-30-28-26-23-20-17-14-11-8-5-2/h7,10,16,19,25,27,31-33,35,39,41-42,44,55H,4-6,8-9,11-15,17-18,20-24,26,28-30,34,36-38,40,43,45-54H2,1-3H3/b10-7-,19-16-,27-25-,33-31-,35-32-,42-39-,44-41-. The van der Waals surface area contributed by atoms with Crippen LogP contribution in [-0.2, 0) is 28.6 Å². The molecular formula is C58H98O6. The van der Waals surface area contributed by atoms with Gasteiger partial charge >= 0.3 is 17.9 Å². The molecule has 0 radical (unpaired) electrons. The lowest BCUT2D eigenvalue weighted by Crippen LogP contribution is -2.30. The second-order valence-corrected chi connectivity index (χ2v) is 17.4. The molecule has 6 nitrogen and oxygen atoms in total. The summed E-state index contributed by atoms with van der Waals surface area (Å²) in [7, 11) is 0. The van der Waals surface area contributed by atoms with E-state index in [1.807, 2.05) is 6.08 Å². The first-order valence-corrected chi connectivity index (χ1v) is 26.6. The molecule has 0 amide bonds. The average Bonchev–Trinajstić information content (AvgIpc) is 3.29. The van der Waals surface area contributed by atoms with Crippen LogP contribution in [0, 0.1) is 0 Å². The van der Waals surface area contributed by atoms with Gasteiger partial charge in [0.05, 0.1) is 0 Å². The van der Waals surface area contributed by atoms with Gasteiger partial charge in [0.2, 0.25) is 0 Å². The van der Waals surface area contributed by atoms with Crippen LogP contribution in [0.3, 0.4) is 0 Å². The summed E-state index contributed by atoms with van der Waals surface area (Å²) in [5, 5.41) is 0. The van der Waals surface area contributed by atoms with Crippen molar-refractivity contribution in [3.8, 4) is 0 Å². The van der Waals surface area contributed by atoms with Crippen molar-refractivity contribution in [2.24, 2.45) is 0 Å². The summed E-state index contributed by atoms with van der Waals surface area (Å²) in [6.07, 6.45) is 67.3. The molecule has 0 aliphatic heterocycles. The van der Waals surface area contributed by atoms with Gasteiger partial charge in [-0.2, -0.15) is 0 Å². The van der Waals surface area contributed by atoms with E-state index in [0.29, 0.717) is 19.3 Å². The maximum Gasteiger partial charge on any atom is 0.306 e. The molecule has 6 heteroatoms. The van der Waals surface area contributed by atoms with Gasteiger partial charge in [-0.05, 0) is 77.0 Å². The van der Waals surface area contributed by atoms with Gasteiger partial charge in [0.25, 0.3) is 0 Å². The Morgan fingerprint density at radius 3 is 1.09 bits per heavy atom. The fraction of sp³-hybridized carbons (Fsp3) is 0.707. The molecule has 0 spiro atoms. The molecule has 0 aromatic carbocycles. The topological polar surface area (TPSA) is 78.9 Å². The third-order valence-electron chi connectivity index (χ3n) is 11.1. The third kappa shape index (κ3) is 49.6. The fourth-order valence-corrected chi connectivity index (χ4v) is 7.18. The molecule has 0 aliphatic rings. The van der Waals surface area contributed by atoms with Crippen LogP contribution in [0.15, 0.2) is 85.1 Å². The molecule has 0 bridgehead atoms. The van der Waals surface area contributed by atoms with E-state index in [1.165, 1.54) is 122 Å². The Hall–Kier alpha value is -3.41. The van der Waals surface area contributed by atoms with Gasteiger partial charge in [-0.15, -0.1) is 0 Å². The molecule has 0 aliphatic carbocycles. The van der Waals surface area contributed by atoms with E-state index in [1.54, 1.807) is 0 Å². The minimum atomic E-state index is -0.820. The highest BCUT2D eigenvalue weighted by Gasteiger charge is 2.19. The number of allylic oxidation sites excluding steroid dienone is 14. The highest BCUT2D eigenvalue weighted by molar-refractivity contribution is 5.71. The van der Waals surface area contributed by atoms with Crippen LogP contribution in [0.2, 0.25) is 0 Å². The molecule has 0 fully saturated rings. The van der Waals surface area contributed by atoms with E-state index in [0.717, 1.165) is 70.6 Å². The number of carbonyl (C=O) groups excluding carboxylic acids is 3. The summed E-state index contributed by atoms with van der Waals surface area (Å²) in [5.74, 6) is -1.04. The zero-order valence-corrected chi connectivity index (χ0v) is 41.8. The summed E-state index contributed by atoms with van der Waals surface area (Å²) in [6.45, 7) is 6.42. The van der Waals surface area contributed by atoms with Crippen molar-refractivity contribution in [3.63, 3.8) is 0 Å². The minimum Gasteiger partial charge on any atom is -0.462 e. The van der Waals surface area contributed by atoms with Crippen LogP contribution in [-0.4, -0.2) is 37.2 Å². The molecule has 366 valence electrons. The second kappa shape index (κ2) is 52.2. The minimum absolute atomic E-state index is 0.122. The Kier molecular flexibility index (Phi) is 49.4. The van der Waals surface area contributed by atoms with Crippen molar-refractivity contribution in [1.29, 1.82) is 0 Å². The van der Waals surface area contributed by atoms with E-state index >= 15 is 0 Å². The zero-order chi connectivity index (χ0) is 46.5. The highest BCUT2D eigenvalue weighted by atomic mass is 16.6. The number of rotatable bonds is 47. The van der Waals surface area contributed by atoms with E-state index in [2.05, 4.69) is 99.8 Å². The molecule has 64 heavy (non-hydrogen) atoms. The van der Waals surface area contributed by atoms with E-state index in [-0.39, 0.29) is 44.0 Å². The van der Waals surface area contributed by atoms with Crippen molar-refractivity contribution >= 4 is 17.9 Å². The van der Waals surface area contributed by atoms with Gasteiger partial charge in [0, 0.05) is 19.3 Å². The zero-order valence-electron chi connectivity index (χ0n) is 41.8. The van der Waals surface area contributed by atoms with Gasteiger partial charge in [-0.25, -0.2) is 0 Å². The number of esters is 3. The smallest absolute Gasteiger partial charge is 0.306 e. The molecule has 0 N–H and O–H groups in total. The Morgan fingerprint density at radius 2 is 0.656 bits per heavy atom. The fourth-order valence-electron chi connectivity index (χ4n) is 7.18. The number of hydrogen-bond donors (Lipinski definition) is 0. The largest absolute Gasteiger partial charge is 0.462 e. The molecule has 0 aromatic rings. The molecule has 0 saturated carbocycles. The first kappa shape index (κ1) is 60.6. The van der Waals surface area contributed by atoms with Crippen molar-refractivity contribution in [2.45, 2.75) is 252 Å². The highest BCUT2D eigenvalue weighted by Crippen LogP contribution is 2.15. The van der Waals surface area contributed by atoms with Gasteiger partial charge in [0.1, 0.15) is 13.2 Å². The van der Waals surface area contributed by atoms with Gasteiger partial charge in [-0.3, -0.25) is 14.4 Å². The summed E-state index contributed by atoms with van der Waals surface area (Å²) in [5.41, 5.74) is 0. The summed E-state index contributed by atoms with van der Waals surface area (Å²) < 4.78 is 16.7. The second-order valence-electron chi connectivity index (χ2n) is 17.4. The normalized spacial score (nSPS) is 12.7. The van der Waals surface area contributed by atoms with Gasteiger partial charge in [0.15, 0.2) is 6.10 Å². The Morgan fingerprint density at radius 1 is 0.328 bits per heavy atom. The van der Waals surface area contributed by atoms with Crippen LogP contribution in [0.1, 0.15) is 245 Å². The van der Waals surface area contributed by atoms with Gasteiger partial charge in [-0.1, -0.05) is 234 Å². The first-order chi connectivity index (χ1) is 31.5. The first-order valence-electron chi connectivity index (χ1n) is 26.6. The van der Waals surface area contributed by atoms with Crippen molar-refractivity contribution < 1.29 is 28.6 Å². The van der Waals surface area contributed by atoms with Crippen LogP contribution in [0.4, 0.5) is 0 Å². The van der Waals surface area contributed by atoms with Crippen LogP contribution < -0.4 is 0 Å². The summed E-state index contributed by atoms with van der Waals surface area (Å²) in [6, 6.07) is 0. The monoisotopic (exact) mass is 891 g/mol. The number of carbonyl (C=O) groups is 3. The van der Waals surface area contributed by atoms with E-state index in [4.69, 9.17) is 14.2 Å². The Balaban J connectivity index is 4.51. The average molecular weight is 891 g/mol. The number of hydrogen-bond acceptors (Lipinski definition) is 6. The maximum atomic E-state index is 12.8. The molecule has 0 heterocycles. The number of ether oxygens (including phenoxy) is 3. The van der Waals surface area contributed by atoms with E-state index in [9.17, 15) is 14.4 Å². The van der Waals surface area contributed by atoms with Crippen LogP contribution in [0.5, 0.6) is 0 Å². The maximum absolute atomic E-state index is 12.8. The van der Waals surface area contributed by atoms with E-state index < -0.39 is 6.10 Å². The van der Waals surface area contributed by atoms with Crippen LogP contribution in [0.25, 0.3) is 0 Å². The summed E-state index contributed by atoms with van der Waals surface area (Å²) in [4.78, 5) is 38.0. The van der Waals surface area contributed by atoms with Crippen molar-refractivity contribution in [2.75, 3.05) is 13.2 Å². The van der Waals surface area contributed by atoms with Crippen LogP contribution >= 0.6 is 0 Å². The lowest BCUT2D eigenvalue weighted by molar-refractivity contribution is -0.166. The predicted octanol–water partition coefficient (Wildman–Crippen LogP) is 17.6. The van der Waals surface area contributed by atoms with Crippen molar-refractivity contribution in [3.05, 3.63) is 85.1 Å². The van der Waals surface area contributed by atoms with Gasteiger partial charge < -0.3 is 14.2 Å². The lowest BCUT2D eigenvalue weighted by Gasteiger charge is -2.18. The molecule has 0 aromatic heterocycles. The molecular weight excluding hydrogens is 793 g/mol. The molecule has 0 rings (SSSR count). The molecule has 1 unspecified atom stereocenters.